The van der Waals surface area contributed by atoms with Gasteiger partial charge in [-0.1, -0.05) is 66.2 Å². The molecule has 0 saturated carbocycles. The van der Waals surface area contributed by atoms with Crippen LogP contribution in [-0.4, -0.2) is 5.78 Å². The summed E-state index contributed by atoms with van der Waals surface area (Å²) in [6, 6.07) is 0. The van der Waals surface area contributed by atoms with Crippen LogP contribution in [0.15, 0.2) is 0 Å². The van der Waals surface area contributed by atoms with E-state index in [0.29, 0.717) is 11.2 Å². The SMILES string of the molecule is CCCCCCC(=O)CCCC(C)(C)CCCCC. The van der Waals surface area contributed by atoms with Gasteiger partial charge < -0.3 is 0 Å². The van der Waals surface area contributed by atoms with Gasteiger partial charge in [0.05, 0.1) is 0 Å². The molecule has 0 heterocycles. The van der Waals surface area contributed by atoms with E-state index < -0.39 is 0 Å². The smallest absolute Gasteiger partial charge is 0.132 e. The third-order valence-corrected chi connectivity index (χ3v) is 4.08. The molecule has 0 rings (SSSR count). The molecular formula is C18H36O. The van der Waals surface area contributed by atoms with Crippen molar-refractivity contribution in [2.75, 3.05) is 0 Å². The Morgan fingerprint density at radius 3 is 1.89 bits per heavy atom. The van der Waals surface area contributed by atoms with Gasteiger partial charge >= 0.3 is 0 Å². The van der Waals surface area contributed by atoms with Crippen LogP contribution in [0.3, 0.4) is 0 Å². The van der Waals surface area contributed by atoms with Crippen molar-refractivity contribution < 1.29 is 4.79 Å². The highest BCUT2D eigenvalue weighted by Gasteiger charge is 2.17. The van der Waals surface area contributed by atoms with Crippen molar-refractivity contribution in [3.05, 3.63) is 0 Å². The summed E-state index contributed by atoms with van der Waals surface area (Å²) >= 11 is 0. The first-order valence-corrected chi connectivity index (χ1v) is 8.53. The van der Waals surface area contributed by atoms with Crippen molar-refractivity contribution in [3.63, 3.8) is 0 Å². The summed E-state index contributed by atoms with van der Waals surface area (Å²) < 4.78 is 0. The summed E-state index contributed by atoms with van der Waals surface area (Å²) in [5.41, 5.74) is 0.428. The van der Waals surface area contributed by atoms with Gasteiger partial charge in [-0.2, -0.15) is 0 Å². The minimum atomic E-state index is 0.428. The number of carbonyl (C=O) groups excluding carboxylic acids is 1. The molecule has 0 aromatic heterocycles. The molecule has 0 bridgehead atoms. The minimum Gasteiger partial charge on any atom is -0.300 e. The van der Waals surface area contributed by atoms with E-state index in [9.17, 15) is 4.79 Å². The normalized spacial score (nSPS) is 11.8. The molecule has 0 amide bonds. The lowest BCUT2D eigenvalue weighted by atomic mass is 9.82. The molecule has 0 aliphatic heterocycles. The molecule has 0 aliphatic carbocycles. The highest BCUT2D eigenvalue weighted by Crippen LogP contribution is 2.30. The molecule has 0 aliphatic rings. The molecule has 19 heavy (non-hydrogen) atoms. The van der Waals surface area contributed by atoms with Crippen LogP contribution in [0.2, 0.25) is 0 Å². The second-order valence-corrected chi connectivity index (χ2v) is 6.82. The number of hydrogen-bond donors (Lipinski definition) is 0. The van der Waals surface area contributed by atoms with Gasteiger partial charge in [0, 0.05) is 12.8 Å². The Hall–Kier alpha value is -0.330. The number of ketones is 1. The van der Waals surface area contributed by atoms with E-state index in [4.69, 9.17) is 0 Å². The maximum Gasteiger partial charge on any atom is 0.132 e. The highest BCUT2D eigenvalue weighted by atomic mass is 16.1. The first kappa shape index (κ1) is 18.7. The van der Waals surface area contributed by atoms with Crippen LogP contribution in [-0.2, 0) is 4.79 Å². The third kappa shape index (κ3) is 12.4. The van der Waals surface area contributed by atoms with Crippen molar-refractivity contribution in [2.45, 2.75) is 105 Å². The summed E-state index contributed by atoms with van der Waals surface area (Å²) in [7, 11) is 0. The molecule has 0 atom stereocenters. The largest absolute Gasteiger partial charge is 0.300 e. The molecule has 0 fully saturated rings. The molecule has 114 valence electrons. The van der Waals surface area contributed by atoms with Crippen molar-refractivity contribution in [3.8, 4) is 0 Å². The van der Waals surface area contributed by atoms with Crippen molar-refractivity contribution >= 4 is 5.78 Å². The summed E-state index contributed by atoms with van der Waals surface area (Å²) in [6.45, 7) is 9.18. The van der Waals surface area contributed by atoms with Crippen molar-refractivity contribution in [1.29, 1.82) is 0 Å². The summed E-state index contributed by atoms with van der Waals surface area (Å²) in [5.74, 6) is 0.487. The van der Waals surface area contributed by atoms with Crippen LogP contribution in [0.25, 0.3) is 0 Å². The van der Waals surface area contributed by atoms with Crippen LogP contribution in [0.5, 0.6) is 0 Å². The second-order valence-electron chi connectivity index (χ2n) is 6.82. The number of rotatable bonds is 13. The second kappa shape index (κ2) is 11.5. The van der Waals surface area contributed by atoms with Crippen molar-refractivity contribution in [2.24, 2.45) is 5.41 Å². The van der Waals surface area contributed by atoms with Gasteiger partial charge in [0.25, 0.3) is 0 Å². The van der Waals surface area contributed by atoms with E-state index in [2.05, 4.69) is 27.7 Å². The molecule has 1 nitrogen and oxygen atoms in total. The maximum absolute atomic E-state index is 11.8. The van der Waals surface area contributed by atoms with E-state index in [1.54, 1.807) is 0 Å². The predicted octanol–water partition coefficient (Wildman–Crippen LogP) is 6.30. The molecule has 0 unspecified atom stereocenters. The molecular weight excluding hydrogens is 232 g/mol. The van der Waals surface area contributed by atoms with Gasteiger partial charge in [-0.3, -0.25) is 4.79 Å². The fourth-order valence-electron chi connectivity index (χ4n) is 2.62. The molecule has 0 aromatic carbocycles. The van der Waals surface area contributed by atoms with Gasteiger partial charge in [-0.25, -0.2) is 0 Å². The Morgan fingerprint density at radius 1 is 0.737 bits per heavy atom. The van der Waals surface area contributed by atoms with E-state index >= 15 is 0 Å². The van der Waals surface area contributed by atoms with Gasteiger partial charge in [0.2, 0.25) is 0 Å². The van der Waals surface area contributed by atoms with Crippen LogP contribution in [0.1, 0.15) is 105 Å². The summed E-state index contributed by atoms with van der Waals surface area (Å²) in [4.78, 5) is 11.8. The van der Waals surface area contributed by atoms with Crippen LogP contribution in [0, 0.1) is 5.41 Å². The van der Waals surface area contributed by atoms with Gasteiger partial charge in [-0.15, -0.1) is 0 Å². The average Bonchev–Trinajstić information content (AvgIpc) is 2.34. The van der Waals surface area contributed by atoms with Crippen LogP contribution in [0.4, 0.5) is 0 Å². The minimum absolute atomic E-state index is 0.428. The quantitative estimate of drug-likeness (QED) is 0.358. The fraction of sp³-hybridized carbons (Fsp3) is 0.944. The van der Waals surface area contributed by atoms with Crippen LogP contribution >= 0.6 is 0 Å². The zero-order valence-electron chi connectivity index (χ0n) is 13.9. The lowest BCUT2D eigenvalue weighted by molar-refractivity contribution is -0.119. The average molecular weight is 268 g/mol. The van der Waals surface area contributed by atoms with E-state index in [0.717, 1.165) is 25.7 Å². The zero-order chi connectivity index (χ0) is 14.6. The molecule has 0 saturated heterocycles. The topological polar surface area (TPSA) is 17.1 Å². The first-order valence-electron chi connectivity index (χ1n) is 8.53. The predicted molar refractivity (Wildman–Crippen MR) is 85.5 cm³/mol. The Labute approximate surface area is 121 Å². The number of hydrogen-bond acceptors (Lipinski definition) is 1. The monoisotopic (exact) mass is 268 g/mol. The Morgan fingerprint density at radius 2 is 1.26 bits per heavy atom. The molecule has 0 aromatic rings. The molecule has 0 N–H and O–H groups in total. The van der Waals surface area contributed by atoms with Gasteiger partial charge in [0.1, 0.15) is 5.78 Å². The van der Waals surface area contributed by atoms with Crippen LogP contribution < -0.4 is 0 Å². The van der Waals surface area contributed by atoms with E-state index in [1.807, 2.05) is 0 Å². The standard InChI is InChI=1S/C18H36O/c1-5-7-9-10-13-17(19)14-12-16-18(3,4)15-11-8-6-2/h5-16H2,1-4H3. The molecule has 0 spiro atoms. The van der Waals surface area contributed by atoms with E-state index in [1.165, 1.54) is 51.4 Å². The Kier molecular flexibility index (Phi) is 11.3. The van der Waals surface area contributed by atoms with Crippen molar-refractivity contribution in [1.82, 2.24) is 0 Å². The molecule has 0 radical (unpaired) electrons. The third-order valence-electron chi connectivity index (χ3n) is 4.08. The molecule has 1 heteroatoms. The zero-order valence-corrected chi connectivity index (χ0v) is 13.9. The summed E-state index contributed by atoms with van der Waals surface area (Å²) in [5, 5.41) is 0. The number of Topliss-reactive ketones (excluding diaryl/α,β-unsaturated/α-hetero) is 1. The fourth-order valence-corrected chi connectivity index (χ4v) is 2.62. The highest BCUT2D eigenvalue weighted by molar-refractivity contribution is 5.78. The lowest BCUT2D eigenvalue weighted by Gasteiger charge is -2.24. The van der Waals surface area contributed by atoms with Gasteiger partial charge in [-0.05, 0) is 31.1 Å². The summed E-state index contributed by atoms with van der Waals surface area (Å²) in [6.07, 6.45) is 14.1. The Balaban J connectivity index is 3.56. The maximum atomic E-state index is 11.8. The number of unbranched alkanes of at least 4 members (excludes halogenated alkanes) is 5. The van der Waals surface area contributed by atoms with Gasteiger partial charge in [0.15, 0.2) is 0 Å². The first-order chi connectivity index (χ1) is 9.02. The van der Waals surface area contributed by atoms with E-state index in [-0.39, 0.29) is 0 Å². The Bertz CT molecular complexity index is 218. The lowest BCUT2D eigenvalue weighted by Crippen LogP contribution is -2.12. The number of carbonyl (C=O) groups is 1.